The van der Waals surface area contributed by atoms with Gasteiger partial charge in [-0.1, -0.05) is 120 Å². The molecule has 1 spiro atoms. The first kappa shape index (κ1) is 25.4. The summed E-state index contributed by atoms with van der Waals surface area (Å²) in [6.07, 6.45) is -11.4. The van der Waals surface area contributed by atoms with E-state index in [4.69, 9.17) is 4.18 Å². The minimum atomic E-state index is -5.72. The van der Waals surface area contributed by atoms with Crippen molar-refractivity contribution in [2.45, 2.75) is 32.8 Å². The average molecular weight is 563 g/mol. The SMILES string of the molecule is FC(F)(F)C1(C(F)(F)F)OS2(SC(c3ccccc3)(c3ccccc3)[C@@H]2c2ccccc2)c2ccccc21. The van der Waals surface area contributed by atoms with E-state index in [1.807, 2.05) is 60.7 Å². The lowest BCUT2D eigenvalue weighted by atomic mass is 9.84. The van der Waals surface area contributed by atoms with E-state index in [0.29, 0.717) is 5.56 Å². The van der Waals surface area contributed by atoms with Crippen LogP contribution in [0.3, 0.4) is 0 Å². The summed E-state index contributed by atoms with van der Waals surface area (Å²) in [4.78, 5) is -0.0315. The van der Waals surface area contributed by atoms with Crippen LogP contribution >= 0.6 is 20.1 Å². The van der Waals surface area contributed by atoms with Gasteiger partial charge in [-0.15, -0.1) is 0 Å². The van der Waals surface area contributed by atoms with Crippen LogP contribution in [0.4, 0.5) is 26.3 Å². The van der Waals surface area contributed by atoms with Crippen LogP contribution in [0.2, 0.25) is 0 Å². The van der Waals surface area contributed by atoms with Gasteiger partial charge in [0.15, 0.2) is 0 Å². The van der Waals surface area contributed by atoms with Crippen molar-refractivity contribution in [1.82, 2.24) is 0 Å². The zero-order chi connectivity index (χ0) is 26.8. The molecule has 6 rings (SSSR count). The number of hydrogen-bond acceptors (Lipinski definition) is 2. The molecule has 4 aromatic carbocycles. The van der Waals surface area contributed by atoms with Gasteiger partial charge >= 0.3 is 12.4 Å². The fourth-order valence-corrected chi connectivity index (χ4v) is 14.0. The number of hydrogen-bond donors (Lipinski definition) is 0. The van der Waals surface area contributed by atoms with Gasteiger partial charge in [-0.3, -0.25) is 4.18 Å². The van der Waals surface area contributed by atoms with Gasteiger partial charge in [-0.2, -0.15) is 26.3 Å². The largest absolute Gasteiger partial charge is 0.432 e. The fourth-order valence-electron chi connectivity index (χ4n) is 5.52. The maximum absolute atomic E-state index is 14.6. The summed E-state index contributed by atoms with van der Waals surface area (Å²) in [5.41, 5.74) is -3.13. The fraction of sp³-hybridized carbons (Fsp3) is 0.172. The number of benzene rings is 4. The zero-order valence-corrected chi connectivity index (χ0v) is 21.2. The first-order valence-electron chi connectivity index (χ1n) is 11.7. The molecule has 1 fully saturated rings. The van der Waals surface area contributed by atoms with Crippen LogP contribution in [0.25, 0.3) is 0 Å². The predicted octanol–water partition coefficient (Wildman–Crippen LogP) is 9.46. The molecule has 0 amide bonds. The van der Waals surface area contributed by atoms with Crippen molar-refractivity contribution in [3.8, 4) is 0 Å². The summed E-state index contributed by atoms with van der Waals surface area (Å²) in [6.45, 7) is 0. The highest BCUT2D eigenvalue weighted by molar-refractivity contribution is 8.95. The Balaban J connectivity index is 1.68. The highest BCUT2D eigenvalue weighted by Crippen LogP contribution is 2.98. The molecule has 2 aliphatic heterocycles. The molecule has 2 aliphatic rings. The molecule has 0 radical (unpaired) electrons. The molecule has 38 heavy (non-hydrogen) atoms. The quantitative estimate of drug-likeness (QED) is 0.182. The maximum atomic E-state index is 14.6. The summed E-state index contributed by atoms with van der Waals surface area (Å²) >= 11 is 0. The smallest absolute Gasteiger partial charge is 0.292 e. The van der Waals surface area contributed by atoms with Crippen molar-refractivity contribution < 1.29 is 30.5 Å². The van der Waals surface area contributed by atoms with E-state index < -0.39 is 42.9 Å². The number of rotatable bonds is 3. The monoisotopic (exact) mass is 562 g/mol. The molecule has 2 heterocycles. The summed E-state index contributed by atoms with van der Waals surface area (Å²) in [5, 5.41) is -0.835. The van der Waals surface area contributed by atoms with Crippen LogP contribution in [0.5, 0.6) is 0 Å². The van der Waals surface area contributed by atoms with Crippen molar-refractivity contribution in [3.05, 3.63) is 138 Å². The summed E-state index contributed by atoms with van der Waals surface area (Å²) in [7, 11) is -2.14. The Bertz CT molecular complexity index is 1400. The summed E-state index contributed by atoms with van der Waals surface area (Å²) in [5.74, 6) is 0. The van der Waals surface area contributed by atoms with Gasteiger partial charge in [-0.25, -0.2) is 0 Å². The number of alkyl halides is 6. The van der Waals surface area contributed by atoms with Gasteiger partial charge in [0.1, 0.15) is 0 Å². The van der Waals surface area contributed by atoms with Gasteiger partial charge in [0.05, 0.1) is 10.00 Å². The van der Waals surface area contributed by atoms with Crippen molar-refractivity contribution in [2.75, 3.05) is 0 Å². The molecule has 1 saturated heterocycles. The molecule has 0 bridgehead atoms. The normalized spacial score (nSPS) is 25.3. The minimum absolute atomic E-state index is 0.0315. The van der Waals surface area contributed by atoms with Crippen LogP contribution in [0.1, 0.15) is 27.5 Å². The summed E-state index contributed by atoms with van der Waals surface area (Å²) < 4.78 is 92.4. The lowest BCUT2D eigenvalue weighted by Crippen LogP contribution is -2.55. The Labute approximate surface area is 220 Å². The van der Waals surface area contributed by atoms with E-state index >= 15 is 0 Å². The standard InChI is InChI=1S/C29H20F6OS2/c30-28(31,32)27(29(33,34)35)23-18-10-11-19-24(23)38(36-27)25(20-12-4-1-5-13-20)26(37-38,21-14-6-2-7-15-21)22-16-8-3-9-17-22/h1-19,25H/t25-/m0/s1. The Morgan fingerprint density at radius 3 is 1.55 bits per heavy atom. The maximum Gasteiger partial charge on any atom is 0.432 e. The van der Waals surface area contributed by atoms with Gasteiger partial charge in [0.25, 0.3) is 5.60 Å². The second-order valence-electron chi connectivity index (χ2n) is 9.14. The highest BCUT2D eigenvalue weighted by atomic mass is 33.2. The highest BCUT2D eigenvalue weighted by Gasteiger charge is 2.83. The molecule has 0 saturated carbocycles. The number of halogens is 6. The first-order chi connectivity index (χ1) is 18.1. The number of fused-ring (bicyclic) bond motifs is 2. The second kappa shape index (κ2) is 8.56. The van der Waals surface area contributed by atoms with Gasteiger partial charge in [0.2, 0.25) is 0 Å². The Hall–Kier alpha value is -2.88. The van der Waals surface area contributed by atoms with Crippen molar-refractivity contribution in [3.63, 3.8) is 0 Å². The van der Waals surface area contributed by atoms with E-state index in [1.165, 1.54) is 18.2 Å². The first-order valence-corrected chi connectivity index (χ1v) is 14.7. The zero-order valence-electron chi connectivity index (χ0n) is 19.5. The Kier molecular flexibility index (Phi) is 5.72. The van der Waals surface area contributed by atoms with Gasteiger partial charge in [-0.05, 0) is 32.1 Å². The van der Waals surface area contributed by atoms with E-state index in [1.54, 1.807) is 30.3 Å². The van der Waals surface area contributed by atoms with E-state index in [-0.39, 0.29) is 4.90 Å². The molecular formula is C29H20F6OS2. The molecule has 196 valence electrons. The molecule has 2 atom stereocenters. The minimum Gasteiger partial charge on any atom is -0.292 e. The van der Waals surface area contributed by atoms with E-state index in [0.717, 1.165) is 28.0 Å². The average Bonchev–Trinajstić information content (AvgIpc) is 3.23. The predicted molar refractivity (Wildman–Crippen MR) is 138 cm³/mol. The van der Waals surface area contributed by atoms with Gasteiger partial charge < -0.3 is 0 Å². The molecule has 4 aromatic rings. The molecular weight excluding hydrogens is 542 g/mol. The van der Waals surface area contributed by atoms with E-state index in [2.05, 4.69) is 0 Å². The van der Waals surface area contributed by atoms with Gasteiger partial charge in [0, 0.05) is 10.5 Å². The van der Waals surface area contributed by atoms with Crippen LogP contribution in [-0.2, 0) is 14.5 Å². The van der Waals surface area contributed by atoms with Crippen LogP contribution < -0.4 is 0 Å². The molecule has 9 heteroatoms. The topological polar surface area (TPSA) is 9.23 Å². The lowest BCUT2D eigenvalue weighted by molar-refractivity contribution is -0.361. The molecule has 0 aliphatic carbocycles. The Morgan fingerprint density at radius 2 is 1.05 bits per heavy atom. The van der Waals surface area contributed by atoms with Crippen LogP contribution in [0.15, 0.2) is 120 Å². The molecule has 1 unspecified atom stereocenters. The summed E-state index contributed by atoms with van der Waals surface area (Å²) in [6, 6.07) is 32.1. The third kappa shape index (κ3) is 3.28. The molecule has 1 nitrogen and oxygen atoms in total. The van der Waals surface area contributed by atoms with E-state index in [9.17, 15) is 26.3 Å². The third-order valence-corrected chi connectivity index (χ3v) is 14.0. The third-order valence-electron chi connectivity index (χ3n) is 7.06. The van der Waals surface area contributed by atoms with Crippen LogP contribution in [0, 0.1) is 0 Å². The molecule has 0 N–H and O–H groups in total. The second-order valence-corrected chi connectivity index (χ2v) is 14.1. The van der Waals surface area contributed by atoms with Crippen LogP contribution in [-0.4, -0.2) is 12.4 Å². The van der Waals surface area contributed by atoms with Crippen molar-refractivity contribution in [2.24, 2.45) is 0 Å². The lowest BCUT2D eigenvalue weighted by Gasteiger charge is -2.64. The Morgan fingerprint density at radius 1 is 0.605 bits per heavy atom. The molecule has 0 aromatic heterocycles. The van der Waals surface area contributed by atoms with Crippen molar-refractivity contribution in [1.29, 1.82) is 0 Å². The van der Waals surface area contributed by atoms with Crippen molar-refractivity contribution >= 4 is 20.1 Å².